The molecule has 0 aliphatic carbocycles. The normalized spacial score (nSPS) is 10.7. The molecule has 0 saturated carbocycles. The number of amides is 1. The van der Waals surface area contributed by atoms with Crippen LogP contribution in [0.5, 0.6) is 0 Å². The van der Waals surface area contributed by atoms with Crippen molar-refractivity contribution in [3.63, 3.8) is 0 Å². The molecule has 4 nitrogen and oxygen atoms in total. The summed E-state index contributed by atoms with van der Waals surface area (Å²) in [6.45, 7) is 0. The number of fused-ring (bicyclic) bond motifs is 1. The Bertz CT molecular complexity index is 798. The average Bonchev–Trinajstić information content (AvgIpc) is 2.80. The molecule has 0 aliphatic heterocycles. The van der Waals surface area contributed by atoms with E-state index in [1.165, 1.54) is 0 Å². The molecule has 3 aromatic rings. The molecule has 0 saturated heterocycles. The highest BCUT2D eigenvalue weighted by atomic mass is 79.9. The van der Waals surface area contributed by atoms with Crippen LogP contribution in [0.4, 0.5) is 5.95 Å². The molecule has 0 aliphatic rings. The van der Waals surface area contributed by atoms with Crippen LogP contribution >= 0.6 is 31.9 Å². The molecule has 0 unspecified atom stereocenters. The first-order valence-electron chi connectivity index (χ1n) is 5.84. The summed E-state index contributed by atoms with van der Waals surface area (Å²) < 4.78 is 1.82. The number of anilines is 1. The fourth-order valence-electron chi connectivity index (χ4n) is 1.85. The highest BCUT2D eigenvalue weighted by Gasteiger charge is 2.09. The molecule has 0 spiro atoms. The van der Waals surface area contributed by atoms with Crippen molar-refractivity contribution in [2.75, 3.05) is 5.32 Å². The van der Waals surface area contributed by atoms with Crippen LogP contribution in [-0.4, -0.2) is 15.9 Å². The summed E-state index contributed by atoms with van der Waals surface area (Å²) in [6, 6.07) is 12.9. The van der Waals surface area contributed by atoms with Crippen molar-refractivity contribution in [1.82, 2.24) is 9.97 Å². The molecule has 2 N–H and O–H groups in total. The number of nitrogens with zero attached hydrogens (tertiary/aromatic N) is 1. The van der Waals surface area contributed by atoms with E-state index < -0.39 is 0 Å². The number of H-pyrrole nitrogens is 1. The number of imidazole rings is 1. The summed E-state index contributed by atoms with van der Waals surface area (Å²) in [5, 5.41) is 2.75. The van der Waals surface area contributed by atoms with E-state index in [4.69, 9.17) is 0 Å². The summed E-state index contributed by atoms with van der Waals surface area (Å²) in [4.78, 5) is 19.5. The number of aromatic amines is 1. The lowest BCUT2D eigenvalue weighted by molar-refractivity contribution is 0.102. The van der Waals surface area contributed by atoms with Crippen molar-refractivity contribution >= 4 is 54.7 Å². The van der Waals surface area contributed by atoms with Crippen molar-refractivity contribution < 1.29 is 4.79 Å². The number of carbonyl (C=O) groups is 1. The highest BCUT2D eigenvalue weighted by Crippen LogP contribution is 2.20. The van der Waals surface area contributed by atoms with Crippen molar-refractivity contribution in [3.05, 3.63) is 57.0 Å². The smallest absolute Gasteiger partial charge is 0.258 e. The minimum absolute atomic E-state index is 0.204. The van der Waals surface area contributed by atoms with Crippen LogP contribution in [0.2, 0.25) is 0 Å². The van der Waals surface area contributed by atoms with Gasteiger partial charge in [0, 0.05) is 14.5 Å². The Hall–Kier alpha value is -1.66. The van der Waals surface area contributed by atoms with Gasteiger partial charge in [0.1, 0.15) is 0 Å². The van der Waals surface area contributed by atoms with Gasteiger partial charge >= 0.3 is 0 Å². The number of carbonyl (C=O) groups excluding carboxylic acids is 1. The summed E-state index contributed by atoms with van der Waals surface area (Å²) in [5.41, 5.74) is 2.24. The molecule has 1 heterocycles. The van der Waals surface area contributed by atoms with Gasteiger partial charge in [-0.2, -0.15) is 0 Å². The first-order valence-corrected chi connectivity index (χ1v) is 7.42. The topological polar surface area (TPSA) is 57.8 Å². The molecule has 100 valence electrons. The number of halogens is 2. The molecular weight excluding hydrogens is 386 g/mol. The van der Waals surface area contributed by atoms with E-state index in [0.29, 0.717) is 11.5 Å². The lowest BCUT2D eigenvalue weighted by Crippen LogP contribution is -2.12. The molecule has 0 bridgehead atoms. The van der Waals surface area contributed by atoms with Gasteiger partial charge in [0.25, 0.3) is 5.91 Å². The zero-order chi connectivity index (χ0) is 14.1. The Morgan fingerprint density at radius 3 is 2.70 bits per heavy atom. The van der Waals surface area contributed by atoms with Crippen LogP contribution in [0.3, 0.4) is 0 Å². The summed E-state index contributed by atoms with van der Waals surface area (Å²) in [6.07, 6.45) is 0. The maximum absolute atomic E-state index is 12.1. The Balaban J connectivity index is 1.87. The van der Waals surface area contributed by atoms with Gasteiger partial charge in [-0.1, -0.05) is 37.9 Å². The van der Waals surface area contributed by atoms with E-state index >= 15 is 0 Å². The van der Waals surface area contributed by atoms with Gasteiger partial charge in [-0.05, 0) is 36.4 Å². The second-order valence-electron chi connectivity index (χ2n) is 4.21. The minimum Gasteiger partial charge on any atom is -0.324 e. The molecule has 1 amide bonds. The summed E-state index contributed by atoms with van der Waals surface area (Å²) in [5.74, 6) is 0.229. The molecule has 0 fully saturated rings. The SMILES string of the molecule is O=C(Nc1nc2ccc(Br)cc2[nH]1)c1cccc(Br)c1. The molecular formula is C14H9Br2N3O. The fraction of sp³-hybridized carbons (Fsp3) is 0. The van der Waals surface area contributed by atoms with Crippen LogP contribution in [0.25, 0.3) is 11.0 Å². The summed E-state index contributed by atoms with van der Waals surface area (Å²) >= 11 is 6.74. The first kappa shape index (κ1) is 13.3. The van der Waals surface area contributed by atoms with Gasteiger partial charge in [0.05, 0.1) is 11.0 Å². The van der Waals surface area contributed by atoms with E-state index in [2.05, 4.69) is 47.1 Å². The van der Waals surface area contributed by atoms with Crippen LogP contribution in [0.15, 0.2) is 51.4 Å². The summed E-state index contributed by atoms with van der Waals surface area (Å²) in [7, 11) is 0. The van der Waals surface area contributed by atoms with E-state index in [1.807, 2.05) is 30.3 Å². The number of aromatic nitrogens is 2. The molecule has 6 heteroatoms. The number of rotatable bonds is 2. The molecule has 0 atom stereocenters. The number of nitrogens with one attached hydrogen (secondary N) is 2. The molecule has 3 rings (SSSR count). The van der Waals surface area contributed by atoms with Crippen LogP contribution in [0.1, 0.15) is 10.4 Å². The van der Waals surface area contributed by atoms with Gasteiger partial charge in [-0.3, -0.25) is 10.1 Å². The van der Waals surface area contributed by atoms with Gasteiger partial charge in [0.15, 0.2) is 0 Å². The zero-order valence-electron chi connectivity index (χ0n) is 10.2. The van der Waals surface area contributed by atoms with Crippen molar-refractivity contribution in [2.45, 2.75) is 0 Å². The van der Waals surface area contributed by atoms with E-state index in [1.54, 1.807) is 12.1 Å². The third kappa shape index (κ3) is 2.76. The second kappa shape index (κ2) is 5.38. The quantitative estimate of drug-likeness (QED) is 0.679. The first-order chi connectivity index (χ1) is 9.61. The van der Waals surface area contributed by atoms with Crippen LogP contribution in [-0.2, 0) is 0 Å². The standard InChI is InChI=1S/C14H9Br2N3O/c15-9-3-1-2-8(6-9)13(20)19-14-17-11-5-4-10(16)7-12(11)18-14/h1-7H,(H2,17,18,19,20). The lowest BCUT2D eigenvalue weighted by Gasteiger charge is -2.01. The Morgan fingerprint density at radius 2 is 1.90 bits per heavy atom. The molecule has 2 aromatic carbocycles. The third-order valence-electron chi connectivity index (χ3n) is 2.76. The predicted octanol–water partition coefficient (Wildman–Crippen LogP) is 4.34. The maximum atomic E-state index is 12.1. The van der Waals surface area contributed by atoms with E-state index in [0.717, 1.165) is 20.0 Å². The predicted molar refractivity (Wildman–Crippen MR) is 85.9 cm³/mol. The number of benzene rings is 2. The maximum Gasteiger partial charge on any atom is 0.258 e. The second-order valence-corrected chi connectivity index (χ2v) is 6.04. The molecule has 1 aromatic heterocycles. The Labute approximate surface area is 131 Å². The molecule has 0 radical (unpaired) electrons. The average molecular weight is 395 g/mol. The lowest BCUT2D eigenvalue weighted by atomic mass is 10.2. The highest BCUT2D eigenvalue weighted by molar-refractivity contribution is 9.10. The van der Waals surface area contributed by atoms with Crippen LogP contribution in [0, 0.1) is 0 Å². The Morgan fingerprint density at radius 1 is 1.10 bits per heavy atom. The van der Waals surface area contributed by atoms with E-state index in [-0.39, 0.29) is 5.91 Å². The van der Waals surface area contributed by atoms with Gasteiger partial charge in [-0.15, -0.1) is 0 Å². The van der Waals surface area contributed by atoms with Gasteiger partial charge in [-0.25, -0.2) is 4.98 Å². The van der Waals surface area contributed by atoms with Gasteiger partial charge < -0.3 is 4.98 Å². The van der Waals surface area contributed by atoms with Crippen LogP contribution < -0.4 is 5.32 Å². The van der Waals surface area contributed by atoms with Crippen molar-refractivity contribution in [1.29, 1.82) is 0 Å². The third-order valence-corrected chi connectivity index (χ3v) is 3.75. The number of hydrogen-bond acceptors (Lipinski definition) is 2. The largest absolute Gasteiger partial charge is 0.324 e. The van der Waals surface area contributed by atoms with Gasteiger partial charge in [0.2, 0.25) is 5.95 Å². The fourth-order valence-corrected chi connectivity index (χ4v) is 2.61. The van der Waals surface area contributed by atoms with Crippen molar-refractivity contribution in [2.24, 2.45) is 0 Å². The Kier molecular flexibility index (Phi) is 3.58. The van der Waals surface area contributed by atoms with E-state index in [9.17, 15) is 4.79 Å². The molecule has 20 heavy (non-hydrogen) atoms. The number of hydrogen-bond donors (Lipinski definition) is 2. The van der Waals surface area contributed by atoms with Crippen molar-refractivity contribution in [3.8, 4) is 0 Å². The monoisotopic (exact) mass is 393 g/mol. The zero-order valence-corrected chi connectivity index (χ0v) is 13.3. The minimum atomic E-state index is -0.204.